The second-order valence-electron chi connectivity index (χ2n) is 5.70. The number of benzene rings is 1. The molecule has 2 N–H and O–H groups in total. The van der Waals surface area contributed by atoms with Crippen LogP contribution in [0.3, 0.4) is 0 Å². The highest BCUT2D eigenvalue weighted by Crippen LogP contribution is 2.12. The highest BCUT2D eigenvalue weighted by Gasteiger charge is 2.14. The van der Waals surface area contributed by atoms with E-state index in [-0.39, 0.29) is 31.1 Å². The molecule has 2 amide bonds. The SMILES string of the molecule is CCCN(CCC)C(=O)CCC(=O)Nc1cccc(CC(=O)O)c1. The fourth-order valence-corrected chi connectivity index (χ4v) is 2.44. The highest BCUT2D eigenvalue weighted by molar-refractivity contribution is 5.93. The second kappa shape index (κ2) is 10.4. The maximum absolute atomic E-state index is 12.1. The maximum Gasteiger partial charge on any atom is 0.307 e. The summed E-state index contributed by atoms with van der Waals surface area (Å²) < 4.78 is 0. The van der Waals surface area contributed by atoms with Gasteiger partial charge in [0.1, 0.15) is 0 Å². The largest absolute Gasteiger partial charge is 0.481 e. The minimum atomic E-state index is -0.920. The summed E-state index contributed by atoms with van der Waals surface area (Å²) in [6.07, 6.45) is 2.00. The summed E-state index contributed by atoms with van der Waals surface area (Å²) in [4.78, 5) is 36.6. The molecule has 6 heteroatoms. The van der Waals surface area contributed by atoms with Gasteiger partial charge in [0, 0.05) is 31.6 Å². The van der Waals surface area contributed by atoms with Crippen molar-refractivity contribution < 1.29 is 19.5 Å². The van der Waals surface area contributed by atoms with E-state index < -0.39 is 5.97 Å². The van der Waals surface area contributed by atoms with Crippen molar-refractivity contribution in [2.75, 3.05) is 18.4 Å². The third-order valence-electron chi connectivity index (χ3n) is 3.47. The molecule has 0 saturated heterocycles. The number of hydrogen-bond donors (Lipinski definition) is 2. The standard InChI is InChI=1S/C18H26N2O4/c1-3-10-20(11-4-2)17(22)9-8-16(21)19-15-7-5-6-14(12-15)13-18(23)24/h5-7,12H,3-4,8-11,13H2,1-2H3,(H,19,21)(H,23,24). The zero-order valence-corrected chi connectivity index (χ0v) is 14.4. The molecule has 0 radical (unpaired) electrons. The van der Waals surface area contributed by atoms with Crippen LogP contribution in [0.5, 0.6) is 0 Å². The van der Waals surface area contributed by atoms with Crippen LogP contribution in [0.2, 0.25) is 0 Å². The Hall–Kier alpha value is -2.37. The molecule has 0 spiro atoms. The number of carboxylic acids is 1. The van der Waals surface area contributed by atoms with E-state index in [2.05, 4.69) is 5.32 Å². The van der Waals surface area contributed by atoms with Gasteiger partial charge in [-0.15, -0.1) is 0 Å². The number of carboxylic acid groups (broad SMARTS) is 1. The Morgan fingerprint density at radius 1 is 1.08 bits per heavy atom. The minimum Gasteiger partial charge on any atom is -0.481 e. The molecule has 0 saturated carbocycles. The lowest BCUT2D eigenvalue weighted by Gasteiger charge is -2.21. The van der Waals surface area contributed by atoms with Crippen molar-refractivity contribution in [3.8, 4) is 0 Å². The van der Waals surface area contributed by atoms with Crippen LogP contribution < -0.4 is 5.32 Å². The fourth-order valence-electron chi connectivity index (χ4n) is 2.44. The first-order valence-electron chi connectivity index (χ1n) is 8.34. The number of nitrogens with one attached hydrogen (secondary N) is 1. The summed E-state index contributed by atoms with van der Waals surface area (Å²) in [7, 11) is 0. The van der Waals surface area contributed by atoms with Crippen molar-refractivity contribution in [3.63, 3.8) is 0 Å². The first kappa shape index (κ1) is 19.7. The molecule has 0 aromatic heterocycles. The third kappa shape index (κ3) is 7.26. The van der Waals surface area contributed by atoms with Gasteiger partial charge in [-0.05, 0) is 30.5 Å². The molecule has 1 rings (SSSR count). The van der Waals surface area contributed by atoms with Gasteiger partial charge in [-0.3, -0.25) is 14.4 Å². The Morgan fingerprint density at radius 3 is 2.33 bits per heavy atom. The average molecular weight is 334 g/mol. The Balaban J connectivity index is 2.51. The summed E-state index contributed by atoms with van der Waals surface area (Å²) in [5, 5.41) is 11.5. The number of carbonyl (C=O) groups is 3. The molecule has 0 aliphatic carbocycles. The van der Waals surface area contributed by atoms with Gasteiger partial charge in [-0.25, -0.2) is 0 Å². The van der Waals surface area contributed by atoms with Crippen LogP contribution in [0.4, 0.5) is 5.69 Å². The van der Waals surface area contributed by atoms with E-state index in [0.717, 1.165) is 12.8 Å². The Labute approximate surface area is 142 Å². The van der Waals surface area contributed by atoms with Gasteiger partial charge in [-0.1, -0.05) is 26.0 Å². The third-order valence-corrected chi connectivity index (χ3v) is 3.47. The number of carbonyl (C=O) groups excluding carboxylic acids is 2. The molecule has 1 aromatic rings. The van der Waals surface area contributed by atoms with Gasteiger partial charge in [0.05, 0.1) is 6.42 Å². The first-order valence-corrected chi connectivity index (χ1v) is 8.34. The van der Waals surface area contributed by atoms with Crippen LogP contribution in [0.1, 0.15) is 45.1 Å². The normalized spacial score (nSPS) is 10.2. The molecule has 0 atom stereocenters. The lowest BCUT2D eigenvalue weighted by Crippen LogP contribution is -2.33. The molecular formula is C18H26N2O4. The van der Waals surface area contributed by atoms with Crippen LogP contribution in [0.25, 0.3) is 0 Å². The van der Waals surface area contributed by atoms with E-state index in [0.29, 0.717) is 24.3 Å². The van der Waals surface area contributed by atoms with E-state index in [1.54, 1.807) is 29.2 Å². The van der Waals surface area contributed by atoms with Crippen LogP contribution in [0, 0.1) is 0 Å². The molecule has 0 aliphatic heterocycles. The predicted molar refractivity (Wildman–Crippen MR) is 92.8 cm³/mol. The molecule has 132 valence electrons. The van der Waals surface area contributed by atoms with Crippen LogP contribution in [-0.4, -0.2) is 40.9 Å². The Morgan fingerprint density at radius 2 is 1.75 bits per heavy atom. The molecule has 6 nitrogen and oxygen atoms in total. The lowest BCUT2D eigenvalue weighted by molar-refractivity contribution is -0.136. The molecule has 1 aromatic carbocycles. The zero-order chi connectivity index (χ0) is 17.9. The number of aliphatic carboxylic acids is 1. The van der Waals surface area contributed by atoms with E-state index >= 15 is 0 Å². The van der Waals surface area contributed by atoms with Crippen molar-refractivity contribution in [1.82, 2.24) is 4.90 Å². The van der Waals surface area contributed by atoms with E-state index in [1.807, 2.05) is 13.8 Å². The number of rotatable bonds is 10. The van der Waals surface area contributed by atoms with E-state index in [4.69, 9.17) is 5.11 Å². The van der Waals surface area contributed by atoms with Crippen LogP contribution >= 0.6 is 0 Å². The fraction of sp³-hybridized carbons (Fsp3) is 0.500. The molecule has 0 fully saturated rings. The van der Waals surface area contributed by atoms with Gasteiger partial charge in [0.15, 0.2) is 0 Å². The van der Waals surface area contributed by atoms with Crippen molar-refractivity contribution >= 4 is 23.5 Å². The van der Waals surface area contributed by atoms with Crippen molar-refractivity contribution in [3.05, 3.63) is 29.8 Å². The quantitative estimate of drug-likeness (QED) is 0.689. The number of nitrogens with zero attached hydrogens (tertiary/aromatic N) is 1. The Kier molecular flexibility index (Phi) is 8.54. The van der Waals surface area contributed by atoms with Gasteiger partial charge < -0.3 is 15.3 Å². The summed E-state index contributed by atoms with van der Waals surface area (Å²) >= 11 is 0. The summed E-state index contributed by atoms with van der Waals surface area (Å²) in [5.41, 5.74) is 1.17. The topological polar surface area (TPSA) is 86.7 Å². The number of anilines is 1. The van der Waals surface area contributed by atoms with Gasteiger partial charge in [-0.2, -0.15) is 0 Å². The predicted octanol–water partition coefficient (Wildman–Crippen LogP) is 2.68. The molecule has 0 unspecified atom stereocenters. The molecule has 0 heterocycles. The van der Waals surface area contributed by atoms with Crippen molar-refractivity contribution in [1.29, 1.82) is 0 Å². The molecule has 0 aliphatic rings. The zero-order valence-electron chi connectivity index (χ0n) is 14.4. The second-order valence-corrected chi connectivity index (χ2v) is 5.70. The summed E-state index contributed by atoms with van der Waals surface area (Å²) in [6, 6.07) is 6.73. The Bertz CT molecular complexity index is 566. The van der Waals surface area contributed by atoms with Crippen LogP contribution in [0.15, 0.2) is 24.3 Å². The van der Waals surface area contributed by atoms with Crippen molar-refractivity contribution in [2.24, 2.45) is 0 Å². The van der Waals surface area contributed by atoms with Crippen molar-refractivity contribution in [2.45, 2.75) is 46.0 Å². The van der Waals surface area contributed by atoms with Crippen LogP contribution in [-0.2, 0) is 20.8 Å². The number of amides is 2. The van der Waals surface area contributed by atoms with E-state index in [9.17, 15) is 14.4 Å². The van der Waals surface area contributed by atoms with Gasteiger partial charge >= 0.3 is 5.97 Å². The van der Waals surface area contributed by atoms with Gasteiger partial charge in [0.2, 0.25) is 11.8 Å². The highest BCUT2D eigenvalue weighted by atomic mass is 16.4. The molecular weight excluding hydrogens is 308 g/mol. The molecule has 24 heavy (non-hydrogen) atoms. The van der Waals surface area contributed by atoms with Gasteiger partial charge in [0.25, 0.3) is 0 Å². The number of hydrogen-bond acceptors (Lipinski definition) is 3. The maximum atomic E-state index is 12.1. The first-order chi connectivity index (χ1) is 11.5. The monoisotopic (exact) mass is 334 g/mol. The van der Waals surface area contributed by atoms with E-state index in [1.165, 1.54) is 0 Å². The lowest BCUT2D eigenvalue weighted by atomic mass is 10.1. The minimum absolute atomic E-state index is 0.00604. The average Bonchev–Trinajstić information content (AvgIpc) is 2.52. The molecule has 0 bridgehead atoms. The summed E-state index contributed by atoms with van der Waals surface area (Å²) in [5.74, 6) is -1.17. The smallest absolute Gasteiger partial charge is 0.307 e. The summed E-state index contributed by atoms with van der Waals surface area (Å²) in [6.45, 7) is 5.47.